The molecule has 4 rings (SSSR count). The molecule has 2 aromatic carbocycles. The second-order valence-electron chi connectivity index (χ2n) is 7.39. The van der Waals surface area contributed by atoms with Gasteiger partial charge in [0.2, 0.25) is 0 Å². The van der Waals surface area contributed by atoms with Crippen molar-refractivity contribution in [3.05, 3.63) is 89.6 Å². The van der Waals surface area contributed by atoms with E-state index in [1.807, 2.05) is 0 Å². The van der Waals surface area contributed by atoms with Gasteiger partial charge in [0.25, 0.3) is 5.91 Å². The summed E-state index contributed by atoms with van der Waals surface area (Å²) in [5.74, 6) is 0.0566. The first-order chi connectivity index (χ1) is 16.2. The molecule has 1 amide bonds. The first-order valence-corrected chi connectivity index (χ1v) is 10.3. The molecule has 0 spiro atoms. The minimum atomic E-state index is -4.46. The summed E-state index contributed by atoms with van der Waals surface area (Å²) in [5.41, 5.74) is 1.18. The van der Waals surface area contributed by atoms with Gasteiger partial charge in [-0.1, -0.05) is 19.1 Å². The van der Waals surface area contributed by atoms with Crippen molar-refractivity contribution in [2.24, 2.45) is 0 Å². The molecule has 0 saturated heterocycles. The number of benzene rings is 2. The molecular weight excluding hydrogens is 449 g/mol. The average Bonchev–Trinajstić information content (AvgIpc) is 3.32. The van der Waals surface area contributed by atoms with Gasteiger partial charge < -0.3 is 10.1 Å². The molecule has 2 aromatic heterocycles. The van der Waals surface area contributed by atoms with Gasteiger partial charge in [-0.3, -0.25) is 14.0 Å². The Labute approximate surface area is 192 Å². The van der Waals surface area contributed by atoms with Gasteiger partial charge in [-0.15, -0.1) is 0 Å². The molecule has 0 atom stereocenters. The van der Waals surface area contributed by atoms with Gasteiger partial charge in [-0.25, -0.2) is 9.97 Å². The van der Waals surface area contributed by atoms with Crippen LogP contribution in [0.5, 0.6) is 5.75 Å². The smallest absolute Gasteiger partial charge is 0.416 e. The number of nitrogens with zero attached hydrogens (tertiary/aromatic N) is 3. The number of hydrogen-bond donors (Lipinski definition) is 1. The summed E-state index contributed by atoms with van der Waals surface area (Å²) < 4.78 is 45.1. The Morgan fingerprint density at radius 2 is 1.74 bits per heavy atom. The molecule has 2 heterocycles. The van der Waals surface area contributed by atoms with E-state index in [-0.39, 0.29) is 23.7 Å². The van der Waals surface area contributed by atoms with Crippen LogP contribution in [0.3, 0.4) is 0 Å². The SMILES string of the molecule is CCC(=O)Oc1cnc(Cc2ccc(NC(=O)c3ccc(C(F)(F)F)cc3)cc2)n2ccnc12. The molecule has 0 aliphatic carbocycles. The molecule has 0 saturated carbocycles. The Bertz CT molecular complexity index is 1330. The lowest BCUT2D eigenvalue weighted by Gasteiger charge is -2.10. The monoisotopic (exact) mass is 468 g/mol. The fraction of sp³-hybridized carbons (Fsp3) is 0.167. The quantitative estimate of drug-likeness (QED) is 0.407. The number of imidazole rings is 1. The summed E-state index contributed by atoms with van der Waals surface area (Å²) in [6.07, 6.45) is 0.994. The van der Waals surface area contributed by atoms with Crippen LogP contribution in [0, 0.1) is 0 Å². The number of ether oxygens (including phenoxy) is 1. The standard InChI is InChI=1S/C24H19F3N4O3/c1-2-21(32)34-19-14-29-20(31-12-11-28-22(19)31)13-15-3-9-18(10-4-15)30-23(33)16-5-7-17(8-6-16)24(25,26)27/h3-12,14H,2,13H2,1H3,(H,30,33). The highest BCUT2D eigenvalue weighted by atomic mass is 19.4. The number of alkyl halides is 3. The summed E-state index contributed by atoms with van der Waals surface area (Å²) in [5, 5.41) is 2.66. The largest absolute Gasteiger partial charge is 0.421 e. The molecule has 1 N–H and O–H groups in total. The van der Waals surface area contributed by atoms with E-state index in [9.17, 15) is 22.8 Å². The first kappa shape index (κ1) is 23.0. The van der Waals surface area contributed by atoms with Crippen molar-refractivity contribution in [1.29, 1.82) is 0 Å². The number of esters is 1. The third-order valence-corrected chi connectivity index (χ3v) is 5.03. The second kappa shape index (κ2) is 9.34. The van der Waals surface area contributed by atoms with Crippen LogP contribution in [-0.2, 0) is 17.4 Å². The maximum Gasteiger partial charge on any atom is 0.416 e. The van der Waals surface area contributed by atoms with Crippen LogP contribution in [0.2, 0.25) is 0 Å². The number of aromatic nitrogens is 3. The Hall–Kier alpha value is -4.21. The van der Waals surface area contributed by atoms with Gasteiger partial charge in [-0.05, 0) is 42.0 Å². The predicted molar refractivity (Wildman–Crippen MR) is 118 cm³/mol. The van der Waals surface area contributed by atoms with Gasteiger partial charge in [-0.2, -0.15) is 13.2 Å². The zero-order chi connectivity index (χ0) is 24.3. The van der Waals surface area contributed by atoms with Crippen molar-refractivity contribution >= 4 is 23.2 Å². The number of rotatable bonds is 6. The number of carbonyl (C=O) groups is 2. The molecule has 0 aliphatic rings. The van der Waals surface area contributed by atoms with Crippen LogP contribution < -0.4 is 10.1 Å². The van der Waals surface area contributed by atoms with E-state index in [0.717, 1.165) is 29.8 Å². The van der Waals surface area contributed by atoms with E-state index in [1.54, 1.807) is 48.0 Å². The molecule has 174 valence electrons. The van der Waals surface area contributed by atoms with Gasteiger partial charge in [0.1, 0.15) is 5.82 Å². The van der Waals surface area contributed by atoms with Crippen LogP contribution in [-0.4, -0.2) is 26.2 Å². The number of carbonyl (C=O) groups excluding carboxylic acids is 2. The van der Waals surface area contributed by atoms with E-state index in [1.165, 1.54) is 6.20 Å². The summed E-state index contributed by atoms with van der Waals surface area (Å²) in [6.45, 7) is 1.70. The Kier molecular flexibility index (Phi) is 6.31. The summed E-state index contributed by atoms with van der Waals surface area (Å²) in [4.78, 5) is 32.6. The summed E-state index contributed by atoms with van der Waals surface area (Å²) in [7, 11) is 0. The molecule has 10 heteroatoms. The van der Waals surface area contributed by atoms with Crippen molar-refractivity contribution in [2.75, 3.05) is 5.32 Å². The maximum absolute atomic E-state index is 12.7. The van der Waals surface area contributed by atoms with Crippen molar-refractivity contribution < 1.29 is 27.5 Å². The van der Waals surface area contributed by atoms with Gasteiger partial charge in [0, 0.05) is 36.5 Å². The summed E-state index contributed by atoms with van der Waals surface area (Å²) >= 11 is 0. The molecule has 0 fully saturated rings. The zero-order valence-electron chi connectivity index (χ0n) is 18.0. The molecule has 34 heavy (non-hydrogen) atoms. The molecule has 4 aromatic rings. The maximum atomic E-state index is 12.7. The van der Waals surface area contributed by atoms with Gasteiger partial charge in [0.05, 0.1) is 11.8 Å². The minimum Gasteiger partial charge on any atom is -0.421 e. The van der Waals surface area contributed by atoms with Crippen LogP contribution in [0.4, 0.5) is 18.9 Å². The van der Waals surface area contributed by atoms with Crippen molar-refractivity contribution in [3.63, 3.8) is 0 Å². The Morgan fingerprint density at radius 3 is 2.38 bits per heavy atom. The third kappa shape index (κ3) is 5.06. The number of nitrogens with one attached hydrogen (secondary N) is 1. The molecule has 0 radical (unpaired) electrons. The Balaban J connectivity index is 1.45. The van der Waals surface area contributed by atoms with Crippen molar-refractivity contribution in [3.8, 4) is 5.75 Å². The lowest BCUT2D eigenvalue weighted by molar-refractivity contribution is -0.137. The average molecular weight is 468 g/mol. The van der Waals surface area contributed by atoms with E-state index < -0.39 is 17.6 Å². The number of hydrogen-bond acceptors (Lipinski definition) is 5. The van der Waals surface area contributed by atoms with Crippen LogP contribution in [0.1, 0.15) is 40.7 Å². The number of fused-ring (bicyclic) bond motifs is 1. The predicted octanol–water partition coefficient (Wildman–Crippen LogP) is 4.91. The second-order valence-corrected chi connectivity index (χ2v) is 7.39. The molecule has 0 unspecified atom stereocenters. The highest BCUT2D eigenvalue weighted by Crippen LogP contribution is 2.29. The summed E-state index contributed by atoms with van der Waals surface area (Å²) in [6, 6.07) is 11.0. The highest BCUT2D eigenvalue weighted by molar-refractivity contribution is 6.04. The van der Waals surface area contributed by atoms with E-state index in [4.69, 9.17) is 4.74 Å². The van der Waals surface area contributed by atoms with Crippen molar-refractivity contribution in [2.45, 2.75) is 25.9 Å². The Morgan fingerprint density at radius 1 is 1.03 bits per heavy atom. The number of amides is 1. The van der Waals surface area contributed by atoms with Gasteiger partial charge in [0.15, 0.2) is 11.4 Å². The lowest BCUT2D eigenvalue weighted by Crippen LogP contribution is -2.13. The number of anilines is 1. The minimum absolute atomic E-state index is 0.118. The van der Waals surface area contributed by atoms with E-state index >= 15 is 0 Å². The molecule has 7 nitrogen and oxygen atoms in total. The van der Waals surface area contributed by atoms with Gasteiger partial charge >= 0.3 is 12.1 Å². The molecule has 0 aliphatic heterocycles. The van der Waals surface area contributed by atoms with Crippen LogP contribution in [0.25, 0.3) is 5.65 Å². The first-order valence-electron chi connectivity index (χ1n) is 10.3. The van der Waals surface area contributed by atoms with E-state index in [0.29, 0.717) is 23.6 Å². The highest BCUT2D eigenvalue weighted by Gasteiger charge is 2.30. The fourth-order valence-corrected chi connectivity index (χ4v) is 3.25. The molecule has 0 bridgehead atoms. The van der Waals surface area contributed by atoms with Crippen LogP contribution in [0.15, 0.2) is 67.1 Å². The molecular formula is C24H19F3N4O3. The number of halogens is 3. The topological polar surface area (TPSA) is 85.6 Å². The fourth-order valence-electron chi connectivity index (χ4n) is 3.25. The van der Waals surface area contributed by atoms with Crippen molar-refractivity contribution in [1.82, 2.24) is 14.4 Å². The van der Waals surface area contributed by atoms with Crippen LogP contribution >= 0.6 is 0 Å². The third-order valence-electron chi connectivity index (χ3n) is 5.03. The normalized spacial score (nSPS) is 11.4. The zero-order valence-corrected chi connectivity index (χ0v) is 18.0. The van der Waals surface area contributed by atoms with E-state index in [2.05, 4.69) is 15.3 Å². The lowest BCUT2D eigenvalue weighted by atomic mass is 10.1.